The fraction of sp³-hybridized carbons (Fsp3) is 0.857. The lowest BCUT2D eigenvalue weighted by Gasteiger charge is -2.32. The number of carbonyl (C=O) groups is 2. The zero-order chi connectivity index (χ0) is 13.4. The van der Waals surface area contributed by atoms with Gasteiger partial charge in [-0.1, -0.05) is 6.42 Å². The van der Waals surface area contributed by atoms with E-state index in [0.29, 0.717) is 12.0 Å². The van der Waals surface area contributed by atoms with Gasteiger partial charge >= 0.3 is 12.0 Å². The molecule has 5 heteroatoms. The number of hydrogen-bond acceptors (Lipinski definition) is 2. The molecule has 0 aromatic heterocycles. The first-order valence-electron chi connectivity index (χ1n) is 7.41. The first kappa shape index (κ1) is 12.8. The predicted octanol–water partition coefficient (Wildman–Crippen LogP) is 1.58. The molecule has 0 heterocycles. The fourth-order valence-corrected chi connectivity index (χ4v) is 4.74. The molecule has 0 aromatic carbocycles. The Morgan fingerprint density at radius 3 is 2.68 bits per heavy atom. The van der Waals surface area contributed by atoms with E-state index >= 15 is 0 Å². The molecule has 3 N–H and O–H groups in total. The minimum absolute atomic E-state index is 0.0190. The Bertz CT molecular complexity index is 385. The molecule has 3 aliphatic rings. The third kappa shape index (κ3) is 2.42. The van der Waals surface area contributed by atoms with E-state index in [9.17, 15) is 9.59 Å². The second-order valence-corrected chi connectivity index (χ2v) is 6.30. The number of aliphatic carboxylic acids is 1. The monoisotopic (exact) mass is 266 g/mol. The van der Waals surface area contributed by atoms with Crippen molar-refractivity contribution in [2.24, 2.45) is 23.7 Å². The Hall–Kier alpha value is -1.26. The summed E-state index contributed by atoms with van der Waals surface area (Å²) in [6.45, 7) is 0.202. The molecule has 3 fully saturated rings. The number of rotatable bonds is 4. The van der Waals surface area contributed by atoms with Crippen LogP contribution in [-0.2, 0) is 4.79 Å². The third-order valence-electron chi connectivity index (χ3n) is 5.37. The van der Waals surface area contributed by atoms with Gasteiger partial charge in [0.15, 0.2) is 0 Å². The van der Waals surface area contributed by atoms with E-state index in [0.717, 1.165) is 24.2 Å². The van der Waals surface area contributed by atoms with Crippen molar-refractivity contribution in [3.05, 3.63) is 0 Å². The fourth-order valence-electron chi connectivity index (χ4n) is 4.74. The van der Waals surface area contributed by atoms with Crippen LogP contribution in [0, 0.1) is 23.7 Å². The van der Waals surface area contributed by atoms with Gasteiger partial charge in [-0.05, 0) is 49.4 Å². The lowest BCUT2D eigenvalue weighted by molar-refractivity contribution is -0.136. The van der Waals surface area contributed by atoms with Crippen molar-refractivity contribution in [3.8, 4) is 0 Å². The van der Waals surface area contributed by atoms with Crippen LogP contribution in [0.4, 0.5) is 4.79 Å². The number of amides is 2. The molecule has 0 radical (unpaired) electrons. The number of carboxylic acids is 1. The Balaban J connectivity index is 1.46. The summed E-state index contributed by atoms with van der Waals surface area (Å²) in [5.74, 6) is 2.37. The molecule has 3 rings (SSSR count). The smallest absolute Gasteiger partial charge is 0.315 e. The zero-order valence-corrected chi connectivity index (χ0v) is 11.1. The van der Waals surface area contributed by atoms with E-state index in [2.05, 4.69) is 10.6 Å². The molecule has 106 valence electrons. The van der Waals surface area contributed by atoms with Gasteiger partial charge in [-0.15, -0.1) is 0 Å². The maximum Gasteiger partial charge on any atom is 0.315 e. The highest BCUT2D eigenvalue weighted by Gasteiger charge is 2.53. The predicted molar refractivity (Wildman–Crippen MR) is 69.6 cm³/mol. The minimum atomic E-state index is -0.881. The van der Waals surface area contributed by atoms with Crippen molar-refractivity contribution in [1.82, 2.24) is 10.6 Å². The van der Waals surface area contributed by atoms with Gasteiger partial charge in [0.05, 0.1) is 6.42 Å². The van der Waals surface area contributed by atoms with E-state index < -0.39 is 5.97 Å². The molecular formula is C14H22N2O3. The van der Waals surface area contributed by atoms with Gasteiger partial charge in [-0.25, -0.2) is 4.79 Å². The van der Waals surface area contributed by atoms with Crippen LogP contribution in [0.5, 0.6) is 0 Å². The second-order valence-electron chi connectivity index (χ2n) is 6.30. The maximum absolute atomic E-state index is 11.7. The second kappa shape index (κ2) is 5.02. The highest BCUT2D eigenvalue weighted by atomic mass is 16.4. The average Bonchev–Trinajstić information content (AvgIpc) is 2.98. The molecule has 0 spiro atoms. The molecule has 5 unspecified atom stereocenters. The molecular weight excluding hydrogens is 244 g/mol. The molecule has 5 nitrogen and oxygen atoms in total. The minimum Gasteiger partial charge on any atom is -0.481 e. The molecule has 3 saturated carbocycles. The molecule has 3 aliphatic carbocycles. The molecule has 0 aliphatic heterocycles. The number of carboxylic acid groups (broad SMARTS) is 1. The topological polar surface area (TPSA) is 78.4 Å². The van der Waals surface area contributed by atoms with Crippen LogP contribution in [-0.4, -0.2) is 29.7 Å². The van der Waals surface area contributed by atoms with Gasteiger partial charge in [-0.2, -0.15) is 0 Å². The molecule has 2 amide bonds. The van der Waals surface area contributed by atoms with E-state index in [1.807, 2.05) is 0 Å². The van der Waals surface area contributed by atoms with Crippen LogP contribution in [0.2, 0.25) is 0 Å². The van der Waals surface area contributed by atoms with Crippen LogP contribution < -0.4 is 10.6 Å². The van der Waals surface area contributed by atoms with Gasteiger partial charge in [0.2, 0.25) is 0 Å². The Morgan fingerprint density at radius 2 is 1.89 bits per heavy atom. The largest absolute Gasteiger partial charge is 0.481 e. The van der Waals surface area contributed by atoms with Gasteiger partial charge in [-0.3, -0.25) is 4.79 Å². The first-order chi connectivity index (χ1) is 9.15. The normalized spacial score (nSPS) is 39.1. The van der Waals surface area contributed by atoms with Crippen molar-refractivity contribution in [2.75, 3.05) is 6.54 Å². The summed E-state index contributed by atoms with van der Waals surface area (Å²) in [6.07, 6.45) is 6.48. The van der Waals surface area contributed by atoms with Crippen LogP contribution in [0.15, 0.2) is 0 Å². The molecule has 5 atom stereocenters. The van der Waals surface area contributed by atoms with Crippen molar-refractivity contribution in [2.45, 2.75) is 44.6 Å². The van der Waals surface area contributed by atoms with E-state index in [-0.39, 0.29) is 19.0 Å². The summed E-state index contributed by atoms with van der Waals surface area (Å²) in [6, 6.07) is 0.113. The summed E-state index contributed by atoms with van der Waals surface area (Å²) < 4.78 is 0. The maximum atomic E-state index is 11.7. The summed E-state index contributed by atoms with van der Waals surface area (Å²) in [7, 11) is 0. The molecule has 0 saturated heterocycles. The summed E-state index contributed by atoms with van der Waals surface area (Å²) in [5.41, 5.74) is 0. The lowest BCUT2D eigenvalue weighted by Crippen LogP contribution is -2.47. The van der Waals surface area contributed by atoms with Crippen molar-refractivity contribution in [1.29, 1.82) is 0 Å². The zero-order valence-electron chi connectivity index (χ0n) is 11.1. The van der Waals surface area contributed by atoms with Crippen LogP contribution in [0.25, 0.3) is 0 Å². The quantitative estimate of drug-likeness (QED) is 0.723. The van der Waals surface area contributed by atoms with Gasteiger partial charge in [0.25, 0.3) is 0 Å². The van der Waals surface area contributed by atoms with E-state index in [4.69, 9.17) is 5.11 Å². The number of hydrogen-bond donors (Lipinski definition) is 3. The van der Waals surface area contributed by atoms with Gasteiger partial charge in [0.1, 0.15) is 0 Å². The van der Waals surface area contributed by atoms with Crippen molar-refractivity contribution < 1.29 is 14.7 Å². The van der Waals surface area contributed by atoms with E-state index in [1.54, 1.807) is 0 Å². The number of carbonyl (C=O) groups excluding carboxylic acids is 1. The highest BCUT2D eigenvalue weighted by molar-refractivity contribution is 5.75. The average molecular weight is 266 g/mol. The van der Waals surface area contributed by atoms with Crippen LogP contribution in [0.3, 0.4) is 0 Å². The molecule has 2 bridgehead atoms. The van der Waals surface area contributed by atoms with Crippen LogP contribution >= 0.6 is 0 Å². The Morgan fingerprint density at radius 1 is 1.11 bits per heavy atom. The third-order valence-corrected chi connectivity index (χ3v) is 5.37. The number of fused-ring (bicyclic) bond motifs is 5. The lowest BCUT2D eigenvalue weighted by atomic mass is 9.79. The van der Waals surface area contributed by atoms with Crippen molar-refractivity contribution >= 4 is 12.0 Å². The Kier molecular flexibility index (Phi) is 3.37. The van der Waals surface area contributed by atoms with Gasteiger partial charge < -0.3 is 15.7 Å². The molecule has 19 heavy (non-hydrogen) atoms. The first-order valence-corrected chi connectivity index (χ1v) is 7.41. The van der Waals surface area contributed by atoms with Gasteiger partial charge in [0, 0.05) is 12.6 Å². The van der Waals surface area contributed by atoms with Crippen molar-refractivity contribution in [3.63, 3.8) is 0 Å². The summed E-state index contributed by atoms with van der Waals surface area (Å²) in [4.78, 5) is 22.1. The SMILES string of the molecule is O=C(O)CCNC(=O)NC1CC2CC1C1CCCC21. The summed E-state index contributed by atoms with van der Waals surface area (Å²) >= 11 is 0. The molecule has 0 aromatic rings. The highest BCUT2D eigenvalue weighted by Crippen LogP contribution is 2.58. The van der Waals surface area contributed by atoms with Crippen LogP contribution in [0.1, 0.15) is 38.5 Å². The number of nitrogens with one attached hydrogen (secondary N) is 2. The Labute approximate surface area is 113 Å². The number of urea groups is 1. The van der Waals surface area contributed by atoms with E-state index in [1.165, 1.54) is 25.7 Å². The summed E-state index contributed by atoms with van der Waals surface area (Å²) in [5, 5.41) is 14.2. The standard InChI is InChI=1S/C14H22N2O3/c17-13(18)4-5-15-14(19)16-12-7-8-6-11(12)10-3-1-2-9(8)10/h8-12H,1-7H2,(H,17,18)(H2,15,16,19).